The largest absolute Gasteiger partial charge is 0.393 e. The van der Waals surface area contributed by atoms with Gasteiger partial charge >= 0.3 is 0 Å². The molecule has 15 heavy (non-hydrogen) atoms. The van der Waals surface area contributed by atoms with Gasteiger partial charge in [0.15, 0.2) is 0 Å². The summed E-state index contributed by atoms with van der Waals surface area (Å²) < 4.78 is 0. The van der Waals surface area contributed by atoms with Crippen molar-refractivity contribution >= 4 is 0 Å². The van der Waals surface area contributed by atoms with Crippen molar-refractivity contribution in [2.24, 2.45) is 10.8 Å². The van der Waals surface area contributed by atoms with Crippen LogP contribution in [0.5, 0.6) is 0 Å². The second-order valence-electron chi connectivity index (χ2n) is 6.64. The molecule has 1 N–H and O–H groups in total. The highest BCUT2D eigenvalue weighted by molar-refractivity contribution is 4.85. The average molecular weight is 213 g/mol. The highest BCUT2D eigenvalue weighted by Crippen LogP contribution is 2.31. The summed E-state index contributed by atoms with van der Waals surface area (Å²) in [5.41, 5.74) is 0.459. The van der Waals surface area contributed by atoms with Gasteiger partial charge < -0.3 is 10.0 Å². The maximum atomic E-state index is 9.71. The zero-order valence-electron chi connectivity index (χ0n) is 11.0. The van der Waals surface area contributed by atoms with Gasteiger partial charge in [-0.1, -0.05) is 27.7 Å². The molecule has 2 heteroatoms. The van der Waals surface area contributed by atoms with Gasteiger partial charge in [0.1, 0.15) is 0 Å². The lowest BCUT2D eigenvalue weighted by molar-refractivity contribution is 0.0114. The summed E-state index contributed by atoms with van der Waals surface area (Å²) in [6.45, 7) is 14.3. The van der Waals surface area contributed by atoms with Crippen LogP contribution >= 0.6 is 0 Å². The highest BCUT2D eigenvalue weighted by Gasteiger charge is 2.32. The van der Waals surface area contributed by atoms with E-state index < -0.39 is 0 Å². The molecule has 1 saturated heterocycles. The summed E-state index contributed by atoms with van der Waals surface area (Å²) in [5.74, 6) is 0. The molecule has 1 unspecified atom stereocenters. The van der Waals surface area contributed by atoms with Crippen molar-refractivity contribution in [3.05, 3.63) is 0 Å². The van der Waals surface area contributed by atoms with Crippen LogP contribution in [0.4, 0.5) is 0 Å². The predicted octanol–water partition coefficient (Wildman–Crippen LogP) is 2.52. The summed E-state index contributed by atoms with van der Waals surface area (Å²) in [7, 11) is 0. The van der Waals surface area contributed by atoms with E-state index in [-0.39, 0.29) is 11.5 Å². The van der Waals surface area contributed by atoms with Gasteiger partial charge in [-0.05, 0) is 31.7 Å². The van der Waals surface area contributed by atoms with Crippen molar-refractivity contribution in [2.75, 3.05) is 19.6 Å². The summed E-state index contributed by atoms with van der Waals surface area (Å²) in [5, 5.41) is 9.71. The molecule has 1 fully saturated rings. The van der Waals surface area contributed by atoms with Gasteiger partial charge in [-0.3, -0.25) is 0 Å². The van der Waals surface area contributed by atoms with Crippen LogP contribution in [0.2, 0.25) is 0 Å². The number of likely N-dealkylation sites (tertiary alicyclic amines) is 1. The Kier molecular flexibility index (Phi) is 3.83. The van der Waals surface area contributed by atoms with Gasteiger partial charge in [0, 0.05) is 18.5 Å². The number of hydrogen-bond donors (Lipinski definition) is 1. The van der Waals surface area contributed by atoms with Gasteiger partial charge in [0.05, 0.1) is 6.10 Å². The number of hydrogen-bond acceptors (Lipinski definition) is 2. The van der Waals surface area contributed by atoms with Crippen molar-refractivity contribution in [1.82, 2.24) is 4.90 Å². The van der Waals surface area contributed by atoms with E-state index in [1.165, 1.54) is 25.9 Å². The van der Waals surface area contributed by atoms with Crippen molar-refractivity contribution in [1.29, 1.82) is 0 Å². The summed E-state index contributed by atoms with van der Waals surface area (Å²) in [6, 6.07) is 0. The minimum atomic E-state index is -0.234. The Hall–Kier alpha value is -0.0800. The van der Waals surface area contributed by atoms with E-state index in [0.717, 1.165) is 6.54 Å². The molecule has 0 bridgehead atoms. The molecule has 0 radical (unpaired) electrons. The molecule has 0 aromatic heterocycles. The van der Waals surface area contributed by atoms with Crippen molar-refractivity contribution < 1.29 is 5.11 Å². The first-order valence-electron chi connectivity index (χ1n) is 6.13. The molecule has 0 saturated carbocycles. The SMILES string of the molecule is CC(O)C(C)(C)CN1CCCC(C)(C)C1. The minimum absolute atomic E-state index is 0.00736. The first-order chi connectivity index (χ1) is 6.73. The molecule has 0 aromatic rings. The number of nitrogens with zero attached hydrogens (tertiary/aromatic N) is 1. The van der Waals surface area contributed by atoms with E-state index in [0.29, 0.717) is 5.41 Å². The first-order valence-corrected chi connectivity index (χ1v) is 6.13. The zero-order chi connectivity index (χ0) is 11.7. The molecule has 1 aliphatic heterocycles. The Bertz CT molecular complexity index is 209. The summed E-state index contributed by atoms with van der Waals surface area (Å²) in [6.07, 6.45) is 2.39. The monoisotopic (exact) mass is 213 g/mol. The Labute approximate surface area is 94.7 Å². The highest BCUT2D eigenvalue weighted by atomic mass is 16.3. The first kappa shape index (κ1) is 13.0. The lowest BCUT2D eigenvalue weighted by Crippen LogP contribution is -2.47. The second-order valence-corrected chi connectivity index (χ2v) is 6.64. The Balaban J connectivity index is 2.52. The van der Waals surface area contributed by atoms with Crippen LogP contribution in [0.25, 0.3) is 0 Å². The van der Waals surface area contributed by atoms with Crippen LogP contribution in [-0.4, -0.2) is 35.7 Å². The molecule has 1 atom stereocenters. The lowest BCUT2D eigenvalue weighted by atomic mass is 9.81. The van der Waals surface area contributed by atoms with Gasteiger partial charge in [-0.25, -0.2) is 0 Å². The van der Waals surface area contributed by atoms with Gasteiger partial charge in [-0.2, -0.15) is 0 Å². The van der Waals surface area contributed by atoms with Crippen molar-refractivity contribution in [3.63, 3.8) is 0 Å². The van der Waals surface area contributed by atoms with E-state index >= 15 is 0 Å². The summed E-state index contributed by atoms with van der Waals surface area (Å²) >= 11 is 0. The van der Waals surface area contributed by atoms with E-state index in [2.05, 4.69) is 32.6 Å². The maximum Gasteiger partial charge on any atom is 0.0575 e. The molecular weight excluding hydrogens is 186 g/mol. The summed E-state index contributed by atoms with van der Waals surface area (Å²) in [4.78, 5) is 2.51. The molecule has 1 rings (SSSR count). The van der Waals surface area contributed by atoms with Crippen LogP contribution in [0.1, 0.15) is 47.5 Å². The zero-order valence-corrected chi connectivity index (χ0v) is 11.0. The van der Waals surface area contributed by atoms with Crippen molar-refractivity contribution in [3.8, 4) is 0 Å². The maximum absolute atomic E-state index is 9.71. The second kappa shape index (κ2) is 4.42. The average Bonchev–Trinajstić information content (AvgIpc) is 2.00. The van der Waals surface area contributed by atoms with Gasteiger partial charge in [0.2, 0.25) is 0 Å². The molecule has 2 nitrogen and oxygen atoms in total. The van der Waals surface area contributed by atoms with E-state index in [1.807, 2.05) is 6.92 Å². The normalized spacial score (nSPS) is 25.2. The van der Waals surface area contributed by atoms with Crippen LogP contribution < -0.4 is 0 Å². The van der Waals surface area contributed by atoms with Crippen LogP contribution in [-0.2, 0) is 0 Å². The van der Waals surface area contributed by atoms with Gasteiger partial charge in [0.25, 0.3) is 0 Å². The molecular formula is C13H27NO. The fraction of sp³-hybridized carbons (Fsp3) is 1.00. The number of aliphatic hydroxyl groups excluding tert-OH is 1. The van der Waals surface area contributed by atoms with Crippen LogP contribution in [0.3, 0.4) is 0 Å². The van der Waals surface area contributed by atoms with Crippen molar-refractivity contribution in [2.45, 2.75) is 53.6 Å². The third kappa shape index (κ3) is 3.76. The van der Waals surface area contributed by atoms with E-state index in [1.54, 1.807) is 0 Å². The third-order valence-corrected chi connectivity index (χ3v) is 3.74. The smallest absolute Gasteiger partial charge is 0.0575 e. The Morgan fingerprint density at radius 1 is 1.40 bits per heavy atom. The van der Waals surface area contributed by atoms with Crippen LogP contribution in [0.15, 0.2) is 0 Å². The lowest BCUT2D eigenvalue weighted by Gasteiger charge is -2.42. The minimum Gasteiger partial charge on any atom is -0.393 e. The number of aliphatic hydroxyl groups is 1. The molecule has 1 aliphatic rings. The topological polar surface area (TPSA) is 23.5 Å². The standard InChI is InChI=1S/C13H27NO/c1-11(15)13(4,5)10-14-8-6-7-12(2,3)9-14/h11,15H,6-10H2,1-5H3. The fourth-order valence-corrected chi connectivity index (χ4v) is 2.39. The Morgan fingerprint density at radius 3 is 2.47 bits per heavy atom. The Morgan fingerprint density at radius 2 is 2.00 bits per heavy atom. The molecule has 0 spiro atoms. The van der Waals surface area contributed by atoms with E-state index in [9.17, 15) is 5.11 Å². The number of rotatable bonds is 3. The molecule has 1 heterocycles. The fourth-order valence-electron chi connectivity index (χ4n) is 2.39. The molecule has 0 aromatic carbocycles. The third-order valence-electron chi connectivity index (χ3n) is 3.74. The predicted molar refractivity (Wildman–Crippen MR) is 64.9 cm³/mol. The quantitative estimate of drug-likeness (QED) is 0.778. The molecule has 0 aliphatic carbocycles. The van der Waals surface area contributed by atoms with E-state index in [4.69, 9.17) is 0 Å². The molecule has 0 amide bonds. The van der Waals surface area contributed by atoms with Crippen LogP contribution in [0, 0.1) is 10.8 Å². The van der Waals surface area contributed by atoms with Gasteiger partial charge in [-0.15, -0.1) is 0 Å². The molecule has 90 valence electrons. The number of piperidine rings is 1.